The zero-order chi connectivity index (χ0) is 25.6. The average Bonchev–Trinajstić information content (AvgIpc) is 2.82. The molecule has 0 amide bonds. The van der Waals surface area contributed by atoms with Gasteiger partial charge in [-0.1, -0.05) is 95.1 Å². The first-order valence-electron chi connectivity index (χ1n) is 11.5. The summed E-state index contributed by atoms with van der Waals surface area (Å²) in [6.07, 6.45) is -4.35. The summed E-state index contributed by atoms with van der Waals surface area (Å²) in [7, 11) is 0. The molecule has 0 radical (unpaired) electrons. The number of hydrogen-bond acceptors (Lipinski definition) is 1. The molecule has 0 aliphatic heterocycles. The van der Waals surface area contributed by atoms with Crippen LogP contribution in [0.15, 0.2) is 97.1 Å². The van der Waals surface area contributed by atoms with Gasteiger partial charge in [-0.25, -0.2) is 0 Å². The maximum absolute atomic E-state index is 13.7. The molecule has 182 valence electrons. The van der Waals surface area contributed by atoms with Crippen molar-refractivity contribution in [2.45, 2.75) is 46.2 Å². The molecule has 0 spiro atoms. The van der Waals surface area contributed by atoms with E-state index in [4.69, 9.17) is 4.74 Å². The van der Waals surface area contributed by atoms with Gasteiger partial charge >= 0.3 is 6.18 Å². The number of ether oxygens (including phenoxy) is 1. The number of halogens is 3. The van der Waals surface area contributed by atoms with E-state index in [1.54, 1.807) is 48.5 Å². The predicted octanol–water partition coefficient (Wildman–Crippen LogP) is 9.27. The lowest BCUT2D eigenvalue weighted by atomic mass is 9.75. The van der Waals surface area contributed by atoms with Crippen molar-refractivity contribution in [2.75, 3.05) is 0 Å². The zero-order valence-corrected chi connectivity index (χ0v) is 20.8. The van der Waals surface area contributed by atoms with Gasteiger partial charge in [0.25, 0.3) is 0 Å². The predicted molar refractivity (Wildman–Crippen MR) is 137 cm³/mol. The van der Waals surface area contributed by atoms with Gasteiger partial charge in [0.15, 0.2) is 0 Å². The van der Waals surface area contributed by atoms with Crippen molar-refractivity contribution >= 4 is 0 Å². The standard InChI is InChI=1S/C17H17F3.C14H14O/c1-12-4-8-14(9-5-12)16(3,17(18,19)20)15-10-6-13(2)7-11-15;1-11-3-7-13(8-4-11)15-14-9-5-12(2)6-10-14/h4-11H,1-3H3;3-10H,1-2H3. The molecule has 0 saturated carbocycles. The molecule has 0 fully saturated rings. The van der Waals surface area contributed by atoms with E-state index in [2.05, 4.69) is 13.8 Å². The van der Waals surface area contributed by atoms with E-state index >= 15 is 0 Å². The fourth-order valence-electron chi connectivity index (χ4n) is 3.62. The lowest BCUT2D eigenvalue weighted by Crippen LogP contribution is -2.40. The highest BCUT2D eigenvalue weighted by Gasteiger charge is 2.53. The van der Waals surface area contributed by atoms with Crippen LogP contribution >= 0.6 is 0 Å². The molecule has 4 aromatic rings. The monoisotopic (exact) mass is 476 g/mol. The summed E-state index contributed by atoms with van der Waals surface area (Å²) in [5, 5.41) is 0. The Bertz CT molecular complexity index is 1120. The lowest BCUT2D eigenvalue weighted by molar-refractivity contribution is -0.173. The summed E-state index contributed by atoms with van der Waals surface area (Å²) in [6.45, 7) is 9.09. The summed E-state index contributed by atoms with van der Waals surface area (Å²) >= 11 is 0. The molecule has 4 aromatic carbocycles. The Hall–Kier alpha value is -3.53. The van der Waals surface area contributed by atoms with Gasteiger partial charge in [-0.05, 0) is 70.0 Å². The summed E-state index contributed by atoms with van der Waals surface area (Å²) in [5.74, 6) is 1.76. The Morgan fingerprint density at radius 1 is 0.457 bits per heavy atom. The van der Waals surface area contributed by atoms with E-state index < -0.39 is 11.6 Å². The molecule has 0 aromatic heterocycles. The van der Waals surface area contributed by atoms with Crippen molar-refractivity contribution in [2.24, 2.45) is 0 Å². The first-order chi connectivity index (χ1) is 16.5. The van der Waals surface area contributed by atoms with E-state index in [9.17, 15) is 13.2 Å². The second-order valence-electron chi connectivity index (χ2n) is 9.08. The van der Waals surface area contributed by atoms with Crippen LogP contribution in [0.2, 0.25) is 0 Å². The van der Waals surface area contributed by atoms with Crippen LogP contribution in [-0.4, -0.2) is 6.18 Å². The SMILES string of the molecule is Cc1ccc(C(C)(c2ccc(C)cc2)C(F)(F)F)cc1.Cc1ccc(Oc2ccc(C)cc2)cc1. The smallest absolute Gasteiger partial charge is 0.402 e. The molecule has 0 N–H and O–H groups in total. The van der Waals surface area contributed by atoms with Crippen molar-refractivity contribution in [1.82, 2.24) is 0 Å². The zero-order valence-electron chi connectivity index (χ0n) is 20.8. The summed E-state index contributed by atoms with van der Waals surface area (Å²) in [6, 6.07) is 29.2. The highest BCUT2D eigenvalue weighted by atomic mass is 19.4. The second kappa shape index (κ2) is 10.8. The minimum atomic E-state index is -4.35. The molecule has 0 saturated heterocycles. The fraction of sp³-hybridized carbons (Fsp3) is 0.226. The summed E-state index contributed by atoms with van der Waals surface area (Å²) in [5.41, 5.74) is 2.91. The maximum Gasteiger partial charge on any atom is 0.402 e. The molecule has 0 aliphatic carbocycles. The average molecular weight is 477 g/mol. The third kappa shape index (κ3) is 6.54. The molecule has 35 heavy (non-hydrogen) atoms. The molecular weight excluding hydrogens is 445 g/mol. The number of hydrogen-bond donors (Lipinski definition) is 0. The molecule has 0 aliphatic rings. The van der Waals surface area contributed by atoms with Crippen LogP contribution < -0.4 is 4.74 Å². The number of benzene rings is 4. The van der Waals surface area contributed by atoms with Crippen LogP contribution in [0.1, 0.15) is 40.3 Å². The highest BCUT2D eigenvalue weighted by molar-refractivity contribution is 5.42. The first kappa shape index (κ1) is 26.1. The van der Waals surface area contributed by atoms with Gasteiger partial charge in [0, 0.05) is 0 Å². The van der Waals surface area contributed by atoms with Gasteiger partial charge in [0.05, 0.1) is 0 Å². The number of alkyl halides is 3. The number of aryl methyl sites for hydroxylation is 4. The van der Waals surface area contributed by atoms with Crippen LogP contribution in [0.5, 0.6) is 11.5 Å². The Labute approximate surface area is 206 Å². The van der Waals surface area contributed by atoms with E-state index in [1.807, 2.05) is 62.4 Å². The first-order valence-corrected chi connectivity index (χ1v) is 11.5. The minimum Gasteiger partial charge on any atom is -0.457 e. The Morgan fingerprint density at radius 2 is 0.714 bits per heavy atom. The fourth-order valence-corrected chi connectivity index (χ4v) is 3.62. The lowest BCUT2D eigenvalue weighted by Gasteiger charge is -2.33. The third-order valence-corrected chi connectivity index (χ3v) is 6.10. The van der Waals surface area contributed by atoms with Crippen LogP contribution in [-0.2, 0) is 5.41 Å². The van der Waals surface area contributed by atoms with E-state index in [1.165, 1.54) is 18.1 Å². The van der Waals surface area contributed by atoms with Gasteiger partial charge in [-0.2, -0.15) is 13.2 Å². The van der Waals surface area contributed by atoms with Crippen LogP contribution in [0.3, 0.4) is 0 Å². The van der Waals surface area contributed by atoms with Crippen LogP contribution in [0.25, 0.3) is 0 Å². The second-order valence-corrected chi connectivity index (χ2v) is 9.08. The van der Waals surface area contributed by atoms with E-state index in [-0.39, 0.29) is 11.1 Å². The largest absolute Gasteiger partial charge is 0.457 e. The molecule has 0 heterocycles. The Morgan fingerprint density at radius 3 is 0.971 bits per heavy atom. The van der Waals surface area contributed by atoms with Crippen molar-refractivity contribution in [3.05, 3.63) is 130 Å². The topological polar surface area (TPSA) is 9.23 Å². The normalized spacial score (nSPS) is 11.4. The van der Waals surface area contributed by atoms with E-state index in [0.717, 1.165) is 22.6 Å². The van der Waals surface area contributed by atoms with Crippen LogP contribution in [0.4, 0.5) is 13.2 Å². The van der Waals surface area contributed by atoms with Gasteiger partial charge in [0.1, 0.15) is 16.9 Å². The maximum atomic E-state index is 13.7. The van der Waals surface area contributed by atoms with Gasteiger partial charge < -0.3 is 4.74 Å². The van der Waals surface area contributed by atoms with Crippen molar-refractivity contribution in [3.63, 3.8) is 0 Å². The molecule has 4 rings (SSSR count). The van der Waals surface area contributed by atoms with Gasteiger partial charge in [0.2, 0.25) is 0 Å². The van der Waals surface area contributed by atoms with Crippen LogP contribution in [0, 0.1) is 27.7 Å². The van der Waals surface area contributed by atoms with E-state index in [0.29, 0.717) is 0 Å². The van der Waals surface area contributed by atoms with Gasteiger partial charge in [-0.3, -0.25) is 0 Å². The molecule has 0 unspecified atom stereocenters. The molecule has 4 heteroatoms. The van der Waals surface area contributed by atoms with Gasteiger partial charge in [-0.15, -0.1) is 0 Å². The molecule has 0 bridgehead atoms. The van der Waals surface area contributed by atoms with Crippen molar-refractivity contribution in [3.8, 4) is 11.5 Å². The Kier molecular flexibility index (Phi) is 8.06. The quantitative estimate of drug-likeness (QED) is 0.285. The molecular formula is C31H31F3O. The molecule has 1 nitrogen and oxygen atoms in total. The highest BCUT2D eigenvalue weighted by Crippen LogP contribution is 2.46. The number of rotatable bonds is 4. The Balaban J connectivity index is 0.000000203. The third-order valence-electron chi connectivity index (χ3n) is 6.10. The summed E-state index contributed by atoms with van der Waals surface area (Å²) in [4.78, 5) is 0. The summed E-state index contributed by atoms with van der Waals surface area (Å²) < 4.78 is 46.7. The van der Waals surface area contributed by atoms with Crippen molar-refractivity contribution in [1.29, 1.82) is 0 Å². The minimum absolute atomic E-state index is 0.263. The molecule has 0 atom stereocenters. The van der Waals surface area contributed by atoms with Crippen molar-refractivity contribution < 1.29 is 17.9 Å².